The van der Waals surface area contributed by atoms with Gasteiger partial charge in [-0.05, 0) is 25.0 Å². The van der Waals surface area contributed by atoms with Gasteiger partial charge >= 0.3 is 0 Å². The number of likely N-dealkylation sites (tertiary alicyclic amines) is 1. The van der Waals surface area contributed by atoms with Gasteiger partial charge in [0.25, 0.3) is 0 Å². The van der Waals surface area contributed by atoms with E-state index in [0.717, 1.165) is 57.9 Å². The molecule has 2 amide bonds. The molecule has 0 aliphatic carbocycles. The van der Waals surface area contributed by atoms with Crippen LogP contribution >= 0.6 is 0 Å². The van der Waals surface area contributed by atoms with E-state index in [-0.39, 0.29) is 11.8 Å². The van der Waals surface area contributed by atoms with E-state index >= 15 is 0 Å². The van der Waals surface area contributed by atoms with Crippen molar-refractivity contribution in [2.45, 2.75) is 25.7 Å². The van der Waals surface area contributed by atoms with Crippen LogP contribution in [0.25, 0.3) is 0 Å². The Labute approximate surface area is 155 Å². The van der Waals surface area contributed by atoms with Gasteiger partial charge < -0.3 is 14.5 Å². The number of benzene rings is 1. The molecule has 3 rings (SSSR count). The Kier molecular flexibility index (Phi) is 6.89. The van der Waals surface area contributed by atoms with Crippen molar-refractivity contribution in [1.29, 1.82) is 0 Å². The van der Waals surface area contributed by atoms with E-state index in [9.17, 15) is 9.59 Å². The van der Waals surface area contributed by atoms with Crippen LogP contribution in [0.3, 0.4) is 0 Å². The highest BCUT2D eigenvalue weighted by Gasteiger charge is 2.23. The average Bonchev–Trinajstić information content (AvgIpc) is 2.68. The summed E-state index contributed by atoms with van der Waals surface area (Å²) < 4.78 is 5.74. The summed E-state index contributed by atoms with van der Waals surface area (Å²) in [5, 5.41) is 0. The van der Waals surface area contributed by atoms with Crippen LogP contribution in [0.5, 0.6) is 5.75 Å². The van der Waals surface area contributed by atoms with Crippen molar-refractivity contribution in [3.63, 3.8) is 0 Å². The summed E-state index contributed by atoms with van der Waals surface area (Å²) in [5.74, 6) is 1.27. The monoisotopic (exact) mass is 359 g/mol. The third kappa shape index (κ3) is 5.46. The predicted octanol–water partition coefficient (Wildman–Crippen LogP) is 1.61. The van der Waals surface area contributed by atoms with E-state index < -0.39 is 0 Å². The highest BCUT2D eigenvalue weighted by Crippen LogP contribution is 2.12. The van der Waals surface area contributed by atoms with Gasteiger partial charge in [-0.1, -0.05) is 18.2 Å². The molecule has 142 valence electrons. The molecule has 2 fully saturated rings. The van der Waals surface area contributed by atoms with E-state index in [2.05, 4.69) is 4.90 Å². The third-order valence-electron chi connectivity index (χ3n) is 5.16. The van der Waals surface area contributed by atoms with Crippen LogP contribution in [0, 0.1) is 0 Å². The van der Waals surface area contributed by atoms with Crippen molar-refractivity contribution < 1.29 is 14.3 Å². The van der Waals surface area contributed by atoms with Crippen molar-refractivity contribution in [3.8, 4) is 5.75 Å². The first-order valence-electron chi connectivity index (χ1n) is 9.68. The van der Waals surface area contributed by atoms with Crippen LogP contribution < -0.4 is 4.74 Å². The Morgan fingerprint density at radius 1 is 0.962 bits per heavy atom. The molecule has 2 aliphatic rings. The Bertz CT molecular complexity index is 585. The molecule has 0 saturated carbocycles. The summed E-state index contributed by atoms with van der Waals surface area (Å²) >= 11 is 0. The van der Waals surface area contributed by atoms with E-state index in [1.165, 1.54) is 0 Å². The Morgan fingerprint density at radius 2 is 1.73 bits per heavy atom. The summed E-state index contributed by atoms with van der Waals surface area (Å²) in [6, 6.07) is 9.84. The van der Waals surface area contributed by atoms with Crippen molar-refractivity contribution >= 4 is 11.8 Å². The van der Waals surface area contributed by atoms with Gasteiger partial charge in [-0.3, -0.25) is 14.5 Å². The molecule has 0 radical (unpaired) electrons. The van der Waals surface area contributed by atoms with Gasteiger partial charge in [0.15, 0.2) is 0 Å². The molecule has 0 spiro atoms. The number of piperazine rings is 1. The molecule has 2 aliphatic heterocycles. The lowest BCUT2D eigenvalue weighted by Gasteiger charge is -2.35. The lowest BCUT2D eigenvalue weighted by atomic mass is 10.1. The van der Waals surface area contributed by atoms with Crippen molar-refractivity contribution in [2.75, 3.05) is 52.4 Å². The number of amides is 2. The van der Waals surface area contributed by atoms with Gasteiger partial charge in [0, 0.05) is 58.7 Å². The van der Waals surface area contributed by atoms with Crippen LogP contribution in [-0.4, -0.2) is 78.9 Å². The van der Waals surface area contributed by atoms with Crippen molar-refractivity contribution in [3.05, 3.63) is 30.3 Å². The van der Waals surface area contributed by atoms with Crippen LogP contribution in [-0.2, 0) is 9.59 Å². The molecule has 0 aromatic heterocycles. The second kappa shape index (κ2) is 9.57. The minimum Gasteiger partial charge on any atom is -0.492 e. The van der Waals surface area contributed by atoms with Gasteiger partial charge in [-0.2, -0.15) is 0 Å². The molecule has 1 aromatic carbocycles. The second-order valence-corrected chi connectivity index (χ2v) is 6.97. The number of nitrogens with zero attached hydrogens (tertiary/aromatic N) is 3. The number of rotatable bonds is 7. The first-order valence-corrected chi connectivity index (χ1v) is 9.68. The summed E-state index contributed by atoms with van der Waals surface area (Å²) in [5.41, 5.74) is 0. The molecule has 0 bridgehead atoms. The predicted molar refractivity (Wildman–Crippen MR) is 100 cm³/mol. The number of carbonyl (C=O) groups is 2. The Hall–Kier alpha value is -2.08. The van der Waals surface area contributed by atoms with Gasteiger partial charge in [-0.25, -0.2) is 0 Å². The third-order valence-corrected chi connectivity index (χ3v) is 5.16. The van der Waals surface area contributed by atoms with Crippen LogP contribution in [0.15, 0.2) is 30.3 Å². The lowest BCUT2D eigenvalue weighted by Crippen LogP contribution is -2.50. The summed E-state index contributed by atoms with van der Waals surface area (Å²) in [4.78, 5) is 30.3. The van der Waals surface area contributed by atoms with Crippen LogP contribution in [0.2, 0.25) is 0 Å². The number of ether oxygens (including phenoxy) is 1. The first-order chi connectivity index (χ1) is 12.7. The zero-order valence-corrected chi connectivity index (χ0v) is 15.4. The Balaban J connectivity index is 1.31. The maximum absolute atomic E-state index is 12.4. The fourth-order valence-corrected chi connectivity index (χ4v) is 3.52. The average molecular weight is 359 g/mol. The van der Waals surface area contributed by atoms with E-state index in [1.807, 2.05) is 40.1 Å². The SMILES string of the molecule is O=C1CCCCN1CCC(=O)N1CCN(CCOc2ccccc2)CC1. The van der Waals surface area contributed by atoms with E-state index in [4.69, 9.17) is 4.74 Å². The molecular weight excluding hydrogens is 330 g/mol. The van der Waals surface area contributed by atoms with Gasteiger partial charge in [0.2, 0.25) is 11.8 Å². The lowest BCUT2D eigenvalue weighted by molar-refractivity contribution is -0.136. The molecule has 26 heavy (non-hydrogen) atoms. The largest absolute Gasteiger partial charge is 0.492 e. The molecular formula is C20H29N3O3. The number of carbonyl (C=O) groups excluding carboxylic acids is 2. The Morgan fingerprint density at radius 3 is 2.46 bits per heavy atom. The number of para-hydroxylation sites is 1. The van der Waals surface area contributed by atoms with Gasteiger partial charge in [0.1, 0.15) is 12.4 Å². The molecule has 2 heterocycles. The van der Waals surface area contributed by atoms with Gasteiger partial charge in [-0.15, -0.1) is 0 Å². The first kappa shape index (κ1) is 18.7. The summed E-state index contributed by atoms with van der Waals surface area (Å²) in [7, 11) is 0. The second-order valence-electron chi connectivity index (χ2n) is 6.97. The van der Waals surface area contributed by atoms with Crippen LogP contribution in [0.4, 0.5) is 0 Å². The van der Waals surface area contributed by atoms with E-state index in [1.54, 1.807) is 0 Å². The number of piperidine rings is 1. The van der Waals surface area contributed by atoms with Crippen molar-refractivity contribution in [2.24, 2.45) is 0 Å². The van der Waals surface area contributed by atoms with E-state index in [0.29, 0.717) is 26.0 Å². The molecule has 0 atom stereocenters. The molecule has 6 nitrogen and oxygen atoms in total. The maximum atomic E-state index is 12.4. The summed E-state index contributed by atoms with van der Waals surface area (Å²) in [6.45, 7) is 6.20. The fraction of sp³-hybridized carbons (Fsp3) is 0.600. The molecule has 0 N–H and O–H groups in total. The molecule has 0 unspecified atom stereocenters. The zero-order valence-electron chi connectivity index (χ0n) is 15.4. The molecule has 1 aromatic rings. The smallest absolute Gasteiger partial charge is 0.224 e. The van der Waals surface area contributed by atoms with Crippen molar-refractivity contribution in [1.82, 2.24) is 14.7 Å². The standard InChI is InChI=1S/C20H29N3O3/c24-19-8-4-5-10-22(19)11-9-20(25)23-14-12-21(13-15-23)16-17-26-18-6-2-1-3-7-18/h1-3,6-7H,4-5,8-17H2. The minimum atomic E-state index is 0.170. The zero-order chi connectivity index (χ0) is 18.2. The minimum absolute atomic E-state index is 0.170. The van der Waals surface area contributed by atoms with Crippen LogP contribution in [0.1, 0.15) is 25.7 Å². The normalized spacial score (nSPS) is 18.8. The summed E-state index contributed by atoms with van der Waals surface area (Å²) in [6.07, 6.45) is 3.13. The quantitative estimate of drug-likeness (QED) is 0.742. The molecule has 2 saturated heterocycles. The molecule has 6 heteroatoms. The topological polar surface area (TPSA) is 53.1 Å². The highest BCUT2D eigenvalue weighted by atomic mass is 16.5. The maximum Gasteiger partial charge on any atom is 0.224 e. The fourth-order valence-electron chi connectivity index (χ4n) is 3.52. The number of hydrogen-bond acceptors (Lipinski definition) is 4. The highest BCUT2D eigenvalue weighted by molar-refractivity contribution is 5.79. The van der Waals surface area contributed by atoms with Gasteiger partial charge in [0.05, 0.1) is 0 Å². The number of hydrogen-bond donors (Lipinski definition) is 0.